The molecule has 0 aliphatic heterocycles. The molecule has 0 radical (unpaired) electrons. The maximum Gasteiger partial charge on any atom is 0.574 e. The van der Waals surface area contributed by atoms with Gasteiger partial charge in [-0.15, -0.1) is 13.2 Å². The highest BCUT2D eigenvalue weighted by atomic mass is 79.9. The molecule has 0 bridgehead atoms. The van der Waals surface area contributed by atoms with Crippen LogP contribution in [-0.2, 0) is 0 Å². The largest absolute Gasteiger partial charge is 0.574 e. The lowest BCUT2D eigenvalue weighted by Crippen LogP contribution is -2.18. The van der Waals surface area contributed by atoms with E-state index in [1.54, 1.807) is 6.07 Å². The zero-order chi connectivity index (χ0) is 11.6. The Morgan fingerprint density at radius 1 is 1.53 bits per heavy atom. The number of nitriles is 1. The van der Waals surface area contributed by atoms with Gasteiger partial charge < -0.3 is 4.74 Å². The van der Waals surface area contributed by atoms with Crippen molar-refractivity contribution in [2.24, 2.45) is 0 Å². The number of halogens is 4. The van der Waals surface area contributed by atoms with Crippen molar-refractivity contribution in [3.05, 3.63) is 21.8 Å². The Morgan fingerprint density at radius 2 is 2.13 bits per heavy atom. The number of hydrogen-bond acceptors (Lipinski definition) is 3. The number of nitrogens with zero attached hydrogens (tertiary/aromatic N) is 2. The highest BCUT2D eigenvalue weighted by molar-refractivity contribution is 9.10. The third-order valence-electron chi connectivity index (χ3n) is 1.45. The molecule has 0 aliphatic rings. The summed E-state index contributed by atoms with van der Waals surface area (Å²) >= 11 is 2.87. The van der Waals surface area contributed by atoms with Crippen LogP contribution in [0.15, 0.2) is 10.7 Å². The summed E-state index contributed by atoms with van der Waals surface area (Å²) in [7, 11) is 0. The second kappa shape index (κ2) is 4.06. The fourth-order valence-electron chi connectivity index (χ4n) is 0.867. The Morgan fingerprint density at radius 3 is 2.60 bits per heavy atom. The first-order valence-electron chi connectivity index (χ1n) is 3.66. The Labute approximate surface area is 91.6 Å². The Kier molecular flexibility index (Phi) is 3.19. The molecule has 7 heteroatoms. The van der Waals surface area contributed by atoms with Gasteiger partial charge in [-0.05, 0) is 28.9 Å². The van der Waals surface area contributed by atoms with E-state index in [1.165, 1.54) is 13.0 Å². The van der Waals surface area contributed by atoms with Crippen molar-refractivity contribution in [2.45, 2.75) is 13.3 Å². The second-order valence-electron chi connectivity index (χ2n) is 2.61. The zero-order valence-corrected chi connectivity index (χ0v) is 8.98. The lowest BCUT2D eigenvalue weighted by atomic mass is 10.2. The van der Waals surface area contributed by atoms with Crippen LogP contribution in [-0.4, -0.2) is 11.3 Å². The van der Waals surface area contributed by atoms with Crippen LogP contribution in [0, 0.1) is 18.3 Å². The summed E-state index contributed by atoms with van der Waals surface area (Å²) in [5.74, 6) is -0.562. The van der Waals surface area contributed by atoms with E-state index < -0.39 is 12.2 Å². The maximum atomic E-state index is 11.9. The van der Waals surface area contributed by atoms with Crippen LogP contribution in [0.1, 0.15) is 11.1 Å². The molecule has 0 aromatic carbocycles. The van der Waals surface area contributed by atoms with Crippen molar-refractivity contribution in [2.75, 3.05) is 0 Å². The van der Waals surface area contributed by atoms with Gasteiger partial charge in [0.05, 0.1) is 5.56 Å². The van der Waals surface area contributed by atoms with Gasteiger partial charge in [0, 0.05) is 5.56 Å². The summed E-state index contributed by atoms with van der Waals surface area (Å²) in [5.41, 5.74) is 0.300. The van der Waals surface area contributed by atoms with Gasteiger partial charge in [-0.2, -0.15) is 5.26 Å². The average Bonchev–Trinajstić information content (AvgIpc) is 2.08. The summed E-state index contributed by atoms with van der Waals surface area (Å²) in [4.78, 5) is 3.48. The number of hydrogen-bond donors (Lipinski definition) is 0. The van der Waals surface area contributed by atoms with Gasteiger partial charge in [0.25, 0.3) is 0 Å². The molecule has 0 spiro atoms. The molecular weight excluding hydrogens is 277 g/mol. The standard InChI is InChI=1S/C8H4BrF3N2O/c1-4-2-5(3-13)6(9)14-7(4)15-8(10,11)12/h2H,1H3. The van der Waals surface area contributed by atoms with Gasteiger partial charge >= 0.3 is 6.36 Å². The van der Waals surface area contributed by atoms with Crippen LogP contribution in [0.2, 0.25) is 0 Å². The lowest BCUT2D eigenvalue weighted by Gasteiger charge is -2.10. The molecule has 1 aromatic rings. The average molecular weight is 281 g/mol. The molecule has 0 unspecified atom stereocenters. The Balaban J connectivity index is 3.13. The maximum absolute atomic E-state index is 11.9. The van der Waals surface area contributed by atoms with Crippen LogP contribution in [0.3, 0.4) is 0 Å². The van der Waals surface area contributed by atoms with Gasteiger partial charge in [0.15, 0.2) is 0 Å². The minimum Gasteiger partial charge on any atom is -0.388 e. The molecule has 0 saturated heterocycles. The van der Waals surface area contributed by atoms with Crippen LogP contribution in [0.5, 0.6) is 5.88 Å². The summed E-state index contributed by atoms with van der Waals surface area (Å²) in [6, 6.07) is 3.04. The van der Waals surface area contributed by atoms with Gasteiger partial charge in [0.1, 0.15) is 10.7 Å². The smallest absolute Gasteiger partial charge is 0.388 e. The Bertz CT molecular complexity index is 425. The summed E-state index contributed by atoms with van der Waals surface area (Å²) < 4.78 is 39.4. The first kappa shape index (κ1) is 11.8. The summed E-state index contributed by atoms with van der Waals surface area (Å²) in [6.45, 7) is 1.38. The molecule has 3 nitrogen and oxygen atoms in total. The van der Waals surface area contributed by atoms with Crippen molar-refractivity contribution in [1.29, 1.82) is 5.26 Å². The third kappa shape index (κ3) is 3.09. The predicted molar refractivity (Wildman–Crippen MR) is 48.1 cm³/mol. The molecule has 0 amide bonds. The van der Waals surface area contributed by atoms with E-state index in [1.807, 2.05) is 0 Å². The molecule has 0 fully saturated rings. The fourth-order valence-corrected chi connectivity index (χ4v) is 1.23. The van der Waals surface area contributed by atoms with Gasteiger partial charge in [-0.3, -0.25) is 0 Å². The molecule has 80 valence electrons. The van der Waals surface area contributed by atoms with E-state index in [-0.39, 0.29) is 15.7 Å². The number of pyridine rings is 1. The quantitative estimate of drug-likeness (QED) is 0.743. The number of aryl methyl sites for hydroxylation is 1. The summed E-state index contributed by atoms with van der Waals surface area (Å²) in [5, 5.41) is 8.58. The SMILES string of the molecule is Cc1cc(C#N)c(Br)nc1OC(F)(F)F. The number of ether oxygens (including phenoxy) is 1. The fraction of sp³-hybridized carbons (Fsp3) is 0.250. The van der Waals surface area contributed by atoms with Crippen LogP contribution >= 0.6 is 15.9 Å². The van der Waals surface area contributed by atoms with Gasteiger partial charge in [-0.25, -0.2) is 4.98 Å². The normalized spacial score (nSPS) is 10.9. The second-order valence-corrected chi connectivity index (χ2v) is 3.36. The van der Waals surface area contributed by atoms with E-state index in [2.05, 4.69) is 25.7 Å². The Hall–Kier alpha value is -1.29. The molecule has 0 N–H and O–H groups in total. The highest BCUT2D eigenvalue weighted by Gasteiger charge is 2.32. The number of alkyl halides is 3. The topological polar surface area (TPSA) is 45.9 Å². The zero-order valence-electron chi connectivity index (χ0n) is 7.39. The third-order valence-corrected chi connectivity index (χ3v) is 2.06. The van der Waals surface area contributed by atoms with Gasteiger partial charge in [-0.1, -0.05) is 0 Å². The molecular formula is C8H4BrF3N2O. The van der Waals surface area contributed by atoms with Crippen molar-refractivity contribution in [1.82, 2.24) is 4.98 Å². The molecule has 1 heterocycles. The molecule has 0 saturated carbocycles. The first-order chi connectivity index (χ1) is 6.83. The van der Waals surface area contributed by atoms with Crippen molar-refractivity contribution in [3.63, 3.8) is 0 Å². The molecule has 15 heavy (non-hydrogen) atoms. The number of rotatable bonds is 1. The predicted octanol–water partition coefficient (Wildman–Crippen LogP) is 2.92. The first-order valence-corrected chi connectivity index (χ1v) is 4.46. The van der Waals surface area contributed by atoms with E-state index in [0.29, 0.717) is 0 Å². The highest BCUT2D eigenvalue weighted by Crippen LogP contribution is 2.27. The molecule has 0 aliphatic carbocycles. The van der Waals surface area contributed by atoms with Gasteiger partial charge in [0.2, 0.25) is 5.88 Å². The molecule has 0 atom stereocenters. The van der Waals surface area contributed by atoms with Crippen molar-refractivity contribution < 1.29 is 17.9 Å². The van der Waals surface area contributed by atoms with Crippen molar-refractivity contribution >= 4 is 15.9 Å². The monoisotopic (exact) mass is 280 g/mol. The van der Waals surface area contributed by atoms with E-state index in [0.717, 1.165) is 0 Å². The van der Waals surface area contributed by atoms with Crippen LogP contribution in [0.25, 0.3) is 0 Å². The lowest BCUT2D eigenvalue weighted by molar-refractivity contribution is -0.276. The van der Waals surface area contributed by atoms with Crippen LogP contribution < -0.4 is 4.74 Å². The summed E-state index contributed by atoms with van der Waals surface area (Å²) in [6.07, 6.45) is -4.79. The minimum atomic E-state index is -4.79. The van der Waals surface area contributed by atoms with Crippen LogP contribution in [0.4, 0.5) is 13.2 Å². The molecule has 1 aromatic heterocycles. The molecule has 1 rings (SSSR count). The van der Waals surface area contributed by atoms with Crippen molar-refractivity contribution in [3.8, 4) is 11.9 Å². The minimum absolute atomic E-state index is 0.0230. The number of aromatic nitrogens is 1. The van der Waals surface area contributed by atoms with E-state index in [4.69, 9.17) is 5.26 Å². The van der Waals surface area contributed by atoms with E-state index in [9.17, 15) is 13.2 Å². The van der Waals surface area contributed by atoms with E-state index >= 15 is 0 Å².